The molecule has 0 bridgehead atoms. The van der Waals surface area contributed by atoms with E-state index in [9.17, 15) is 8.78 Å². The third-order valence-corrected chi connectivity index (χ3v) is 3.92. The van der Waals surface area contributed by atoms with E-state index in [0.29, 0.717) is 16.6 Å². The molecule has 0 saturated carbocycles. The molecule has 1 unspecified atom stereocenters. The maximum Gasteiger partial charge on any atom is 0.130 e. The van der Waals surface area contributed by atoms with Crippen LogP contribution in [0.4, 0.5) is 8.78 Å². The molecule has 2 rings (SSSR count). The van der Waals surface area contributed by atoms with Gasteiger partial charge in [0, 0.05) is 18.2 Å². The first-order chi connectivity index (χ1) is 9.50. The SMILES string of the molecule is CC(NCc1cccc(Cl)c1Cl)c1c(F)cccc1F. The molecule has 0 heterocycles. The Bertz CT molecular complexity index is 597. The van der Waals surface area contributed by atoms with E-state index in [1.807, 2.05) is 6.07 Å². The van der Waals surface area contributed by atoms with Gasteiger partial charge in [0.2, 0.25) is 0 Å². The van der Waals surface area contributed by atoms with Gasteiger partial charge >= 0.3 is 0 Å². The predicted octanol–water partition coefficient (Wildman–Crippen LogP) is 5.12. The molecule has 2 aromatic carbocycles. The van der Waals surface area contributed by atoms with Crippen LogP contribution >= 0.6 is 23.2 Å². The Kier molecular flexibility index (Phi) is 4.97. The number of halogens is 4. The fourth-order valence-corrected chi connectivity index (χ4v) is 2.36. The molecule has 1 nitrogen and oxygen atoms in total. The summed E-state index contributed by atoms with van der Waals surface area (Å²) < 4.78 is 27.3. The van der Waals surface area contributed by atoms with E-state index in [2.05, 4.69) is 5.32 Å². The summed E-state index contributed by atoms with van der Waals surface area (Å²) in [6.45, 7) is 2.06. The average Bonchev–Trinajstić information content (AvgIpc) is 2.40. The summed E-state index contributed by atoms with van der Waals surface area (Å²) in [5.74, 6) is -1.13. The van der Waals surface area contributed by atoms with Gasteiger partial charge in [-0.2, -0.15) is 0 Å². The van der Waals surface area contributed by atoms with Crippen LogP contribution in [0.25, 0.3) is 0 Å². The van der Waals surface area contributed by atoms with Gasteiger partial charge in [-0.1, -0.05) is 41.4 Å². The number of hydrogen-bond donors (Lipinski definition) is 1. The van der Waals surface area contributed by atoms with E-state index in [-0.39, 0.29) is 5.56 Å². The highest BCUT2D eigenvalue weighted by Gasteiger charge is 2.16. The molecule has 0 spiro atoms. The van der Waals surface area contributed by atoms with Crippen LogP contribution in [0, 0.1) is 11.6 Å². The molecule has 0 radical (unpaired) electrons. The summed E-state index contributed by atoms with van der Waals surface area (Å²) in [7, 11) is 0. The van der Waals surface area contributed by atoms with Gasteiger partial charge in [0.15, 0.2) is 0 Å². The van der Waals surface area contributed by atoms with E-state index in [1.165, 1.54) is 18.2 Å². The molecule has 0 aliphatic rings. The molecule has 0 aliphatic heterocycles. The van der Waals surface area contributed by atoms with Crippen LogP contribution in [0.2, 0.25) is 10.0 Å². The minimum absolute atomic E-state index is 0.0191. The van der Waals surface area contributed by atoms with Crippen molar-refractivity contribution in [3.05, 3.63) is 69.2 Å². The third-order valence-electron chi connectivity index (χ3n) is 3.06. The van der Waals surface area contributed by atoms with Crippen LogP contribution in [0.15, 0.2) is 36.4 Å². The van der Waals surface area contributed by atoms with Crippen molar-refractivity contribution in [2.75, 3.05) is 0 Å². The standard InChI is InChI=1S/C15H13Cl2F2N/c1-9(14-12(18)6-3-7-13(14)19)20-8-10-4-2-5-11(16)15(10)17/h2-7,9,20H,8H2,1H3. The Labute approximate surface area is 126 Å². The van der Waals surface area contributed by atoms with Gasteiger partial charge in [-0.25, -0.2) is 8.78 Å². The van der Waals surface area contributed by atoms with E-state index >= 15 is 0 Å². The summed E-state index contributed by atoms with van der Waals surface area (Å²) in [5.41, 5.74) is 0.799. The Hall–Kier alpha value is -1.16. The van der Waals surface area contributed by atoms with Gasteiger partial charge in [0.05, 0.1) is 10.0 Å². The maximum absolute atomic E-state index is 13.6. The van der Waals surface area contributed by atoms with E-state index in [4.69, 9.17) is 23.2 Å². The van der Waals surface area contributed by atoms with Crippen molar-refractivity contribution >= 4 is 23.2 Å². The first kappa shape index (κ1) is 15.2. The van der Waals surface area contributed by atoms with Crippen LogP contribution in [0.3, 0.4) is 0 Å². The topological polar surface area (TPSA) is 12.0 Å². The Morgan fingerprint density at radius 2 is 1.65 bits per heavy atom. The zero-order chi connectivity index (χ0) is 14.7. The van der Waals surface area contributed by atoms with Crippen LogP contribution < -0.4 is 5.32 Å². The lowest BCUT2D eigenvalue weighted by atomic mass is 10.1. The van der Waals surface area contributed by atoms with Crippen LogP contribution in [-0.4, -0.2) is 0 Å². The van der Waals surface area contributed by atoms with E-state index < -0.39 is 17.7 Å². The van der Waals surface area contributed by atoms with Crippen molar-refractivity contribution in [2.45, 2.75) is 19.5 Å². The second kappa shape index (κ2) is 6.53. The second-order valence-electron chi connectivity index (χ2n) is 4.45. The minimum Gasteiger partial charge on any atom is -0.306 e. The van der Waals surface area contributed by atoms with Crippen LogP contribution in [0.5, 0.6) is 0 Å². The molecule has 2 aromatic rings. The number of benzene rings is 2. The van der Waals surface area contributed by atoms with Crippen LogP contribution in [-0.2, 0) is 6.54 Å². The van der Waals surface area contributed by atoms with Crippen molar-refractivity contribution in [3.63, 3.8) is 0 Å². The Morgan fingerprint density at radius 1 is 1.05 bits per heavy atom. The predicted molar refractivity (Wildman–Crippen MR) is 78.1 cm³/mol. The first-order valence-corrected chi connectivity index (χ1v) is 6.86. The van der Waals surface area contributed by atoms with Crippen molar-refractivity contribution in [1.29, 1.82) is 0 Å². The van der Waals surface area contributed by atoms with Crippen LogP contribution in [0.1, 0.15) is 24.1 Å². The number of hydrogen-bond acceptors (Lipinski definition) is 1. The largest absolute Gasteiger partial charge is 0.306 e. The zero-order valence-corrected chi connectivity index (χ0v) is 12.3. The van der Waals surface area contributed by atoms with E-state index in [0.717, 1.165) is 5.56 Å². The average molecular weight is 316 g/mol. The van der Waals surface area contributed by atoms with Gasteiger partial charge in [0.1, 0.15) is 11.6 Å². The Balaban J connectivity index is 2.13. The fourth-order valence-electron chi connectivity index (χ4n) is 1.97. The molecule has 106 valence electrons. The molecule has 0 amide bonds. The number of nitrogens with one attached hydrogen (secondary N) is 1. The van der Waals surface area contributed by atoms with Gasteiger partial charge in [-0.3, -0.25) is 0 Å². The monoisotopic (exact) mass is 315 g/mol. The highest BCUT2D eigenvalue weighted by atomic mass is 35.5. The van der Waals surface area contributed by atoms with Gasteiger partial charge < -0.3 is 5.32 Å². The summed E-state index contributed by atoms with van der Waals surface area (Å²) in [4.78, 5) is 0. The van der Waals surface area contributed by atoms with E-state index in [1.54, 1.807) is 19.1 Å². The summed E-state index contributed by atoms with van der Waals surface area (Å²) in [5, 5.41) is 3.94. The number of rotatable bonds is 4. The van der Waals surface area contributed by atoms with Gasteiger partial charge in [-0.15, -0.1) is 0 Å². The summed E-state index contributed by atoms with van der Waals surface area (Å²) in [6, 6.07) is 8.62. The normalized spacial score (nSPS) is 12.4. The first-order valence-electron chi connectivity index (χ1n) is 6.11. The molecule has 0 aromatic heterocycles. The van der Waals surface area contributed by atoms with Gasteiger partial charge in [-0.05, 0) is 30.7 Å². The lowest BCUT2D eigenvalue weighted by Gasteiger charge is -2.16. The lowest BCUT2D eigenvalue weighted by Crippen LogP contribution is -2.20. The lowest BCUT2D eigenvalue weighted by molar-refractivity contribution is 0.487. The minimum atomic E-state index is -0.567. The highest BCUT2D eigenvalue weighted by molar-refractivity contribution is 6.42. The molecule has 5 heteroatoms. The molecule has 0 fully saturated rings. The second-order valence-corrected chi connectivity index (χ2v) is 5.24. The molecular formula is C15H13Cl2F2N. The molecular weight excluding hydrogens is 303 g/mol. The van der Waals surface area contributed by atoms with Crippen molar-refractivity contribution in [1.82, 2.24) is 5.32 Å². The zero-order valence-electron chi connectivity index (χ0n) is 10.8. The van der Waals surface area contributed by atoms with Gasteiger partial charge in [0.25, 0.3) is 0 Å². The quantitative estimate of drug-likeness (QED) is 0.825. The molecule has 1 N–H and O–H groups in total. The maximum atomic E-state index is 13.6. The third kappa shape index (κ3) is 3.29. The Morgan fingerprint density at radius 3 is 2.30 bits per heavy atom. The highest BCUT2D eigenvalue weighted by Crippen LogP contribution is 2.26. The smallest absolute Gasteiger partial charge is 0.130 e. The molecule has 0 saturated heterocycles. The molecule has 0 aliphatic carbocycles. The van der Waals surface area contributed by atoms with Crippen molar-refractivity contribution in [3.8, 4) is 0 Å². The molecule has 20 heavy (non-hydrogen) atoms. The summed E-state index contributed by atoms with van der Waals surface area (Å²) in [6.07, 6.45) is 0. The van der Waals surface area contributed by atoms with Crippen molar-refractivity contribution < 1.29 is 8.78 Å². The molecule has 1 atom stereocenters. The fraction of sp³-hybridized carbons (Fsp3) is 0.200. The van der Waals surface area contributed by atoms with Crippen molar-refractivity contribution in [2.24, 2.45) is 0 Å². The summed E-state index contributed by atoms with van der Waals surface area (Å²) >= 11 is 12.0.